The van der Waals surface area contributed by atoms with Gasteiger partial charge in [-0.1, -0.05) is 0 Å². The van der Waals surface area contributed by atoms with E-state index in [9.17, 15) is 9.59 Å². The zero-order valence-corrected chi connectivity index (χ0v) is 9.03. The Balaban J connectivity index is 1.93. The van der Waals surface area contributed by atoms with E-state index in [0.717, 1.165) is 12.8 Å². The highest BCUT2D eigenvalue weighted by atomic mass is 16.5. The standard InChI is InChI=1S/C11H15NO3/c1-3-15-9-5-8(6-9)12-10(13)4-7(2)11(12)14/h4,8-9H,3,5-6H2,1-2H3. The van der Waals surface area contributed by atoms with Gasteiger partial charge in [-0.2, -0.15) is 0 Å². The Morgan fingerprint density at radius 2 is 2.13 bits per heavy atom. The van der Waals surface area contributed by atoms with Crippen molar-refractivity contribution in [2.24, 2.45) is 0 Å². The van der Waals surface area contributed by atoms with Crippen LogP contribution in [0, 0.1) is 0 Å². The third-order valence-electron chi connectivity index (χ3n) is 2.97. The molecule has 0 aromatic carbocycles. The molecular weight excluding hydrogens is 194 g/mol. The summed E-state index contributed by atoms with van der Waals surface area (Å²) in [7, 11) is 0. The number of nitrogens with zero attached hydrogens (tertiary/aromatic N) is 1. The summed E-state index contributed by atoms with van der Waals surface area (Å²) in [6, 6.07) is 0.0512. The molecule has 0 atom stereocenters. The quantitative estimate of drug-likeness (QED) is 0.648. The van der Waals surface area contributed by atoms with Gasteiger partial charge in [0.25, 0.3) is 11.8 Å². The van der Waals surface area contributed by atoms with Gasteiger partial charge in [0.15, 0.2) is 0 Å². The molecule has 0 aromatic rings. The molecule has 0 unspecified atom stereocenters. The van der Waals surface area contributed by atoms with Crippen LogP contribution in [0.15, 0.2) is 11.6 Å². The van der Waals surface area contributed by atoms with Crippen LogP contribution in [0.3, 0.4) is 0 Å². The molecule has 0 radical (unpaired) electrons. The molecule has 0 saturated heterocycles. The van der Waals surface area contributed by atoms with Gasteiger partial charge in [0.05, 0.1) is 6.10 Å². The molecule has 82 valence electrons. The minimum Gasteiger partial charge on any atom is -0.378 e. The highest BCUT2D eigenvalue weighted by molar-refractivity contribution is 6.16. The summed E-state index contributed by atoms with van der Waals surface area (Å²) in [5.41, 5.74) is 0.542. The van der Waals surface area contributed by atoms with Crippen LogP contribution < -0.4 is 0 Å². The first-order valence-corrected chi connectivity index (χ1v) is 5.31. The van der Waals surface area contributed by atoms with E-state index in [-0.39, 0.29) is 24.0 Å². The van der Waals surface area contributed by atoms with Crippen molar-refractivity contribution in [2.75, 3.05) is 6.61 Å². The maximum atomic E-state index is 11.6. The van der Waals surface area contributed by atoms with Crippen LogP contribution in [-0.4, -0.2) is 35.5 Å². The van der Waals surface area contributed by atoms with Crippen molar-refractivity contribution in [3.63, 3.8) is 0 Å². The lowest BCUT2D eigenvalue weighted by Crippen LogP contribution is -2.50. The maximum Gasteiger partial charge on any atom is 0.256 e. The van der Waals surface area contributed by atoms with Crippen LogP contribution in [0.4, 0.5) is 0 Å². The second-order valence-electron chi connectivity index (χ2n) is 4.04. The van der Waals surface area contributed by atoms with Crippen LogP contribution in [0.2, 0.25) is 0 Å². The van der Waals surface area contributed by atoms with E-state index in [0.29, 0.717) is 12.2 Å². The van der Waals surface area contributed by atoms with Gasteiger partial charge in [0.1, 0.15) is 0 Å². The van der Waals surface area contributed by atoms with Gasteiger partial charge in [-0.15, -0.1) is 0 Å². The largest absolute Gasteiger partial charge is 0.378 e. The molecular formula is C11H15NO3. The summed E-state index contributed by atoms with van der Waals surface area (Å²) in [5, 5.41) is 0. The molecule has 1 aliphatic carbocycles. The van der Waals surface area contributed by atoms with Gasteiger partial charge in [-0.3, -0.25) is 14.5 Å². The number of rotatable bonds is 3. The van der Waals surface area contributed by atoms with E-state index in [2.05, 4.69) is 0 Å². The Bertz CT molecular complexity index is 329. The van der Waals surface area contributed by atoms with Crippen LogP contribution in [-0.2, 0) is 14.3 Å². The second kappa shape index (κ2) is 3.77. The number of imide groups is 1. The minimum atomic E-state index is -0.169. The van der Waals surface area contributed by atoms with Gasteiger partial charge in [-0.05, 0) is 26.7 Å². The van der Waals surface area contributed by atoms with Crippen molar-refractivity contribution in [2.45, 2.75) is 38.8 Å². The fourth-order valence-corrected chi connectivity index (χ4v) is 2.07. The molecule has 2 aliphatic rings. The predicted octanol–water partition coefficient (Wildman–Crippen LogP) is 0.869. The fourth-order valence-electron chi connectivity index (χ4n) is 2.07. The van der Waals surface area contributed by atoms with Gasteiger partial charge >= 0.3 is 0 Å². The molecule has 15 heavy (non-hydrogen) atoms. The Morgan fingerprint density at radius 3 is 2.60 bits per heavy atom. The van der Waals surface area contributed by atoms with Crippen molar-refractivity contribution in [1.29, 1.82) is 0 Å². The number of carbonyl (C=O) groups excluding carboxylic acids is 2. The molecule has 0 spiro atoms. The normalized spacial score (nSPS) is 30.5. The molecule has 0 aromatic heterocycles. The van der Waals surface area contributed by atoms with Crippen LogP contribution >= 0.6 is 0 Å². The average molecular weight is 209 g/mol. The minimum absolute atomic E-state index is 0.0512. The average Bonchev–Trinajstić information content (AvgIpc) is 2.36. The first-order chi connectivity index (χ1) is 7.13. The highest BCUT2D eigenvalue weighted by Gasteiger charge is 2.42. The summed E-state index contributed by atoms with van der Waals surface area (Å²) >= 11 is 0. The summed E-state index contributed by atoms with van der Waals surface area (Å²) in [6.45, 7) is 4.32. The first-order valence-electron chi connectivity index (χ1n) is 5.31. The summed E-state index contributed by atoms with van der Waals surface area (Å²) < 4.78 is 5.40. The Hall–Kier alpha value is -1.16. The third-order valence-corrected chi connectivity index (χ3v) is 2.97. The lowest BCUT2D eigenvalue weighted by Gasteiger charge is -2.39. The molecule has 0 N–H and O–H groups in total. The number of hydrogen-bond donors (Lipinski definition) is 0. The smallest absolute Gasteiger partial charge is 0.256 e. The van der Waals surface area contributed by atoms with Crippen LogP contribution in [0.5, 0.6) is 0 Å². The molecule has 1 fully saturated rings. The number of hydrogen-bond acceptors (Lipinski definition) is 3. The Kier molecular flexibility index (Phi) is 2.61. The van der Waals surface area contributed by atoms with Crippen molar-refractivity contribution >= 4 is 11.8 Å². The zero-order chi connectivity index (χ0) is 11.0. The monoisotopic (exact) mass is 209 g/mol. The summed E-state index contributed by atoms with van der Waals surface area (Å²) in [6.07, 6.45) is 3.20. The maximum absolute atomic E-state index is 11.6. The van der Waals surface area contributed by atoms with E-state index >= 15 is 0 Å². The molecule has 2 rings (SSSR count). The SMILES string of the molecule is CCOC1CC(N2C(=O)C=C(C)C2=O)C1. The molecule has 0 bridgehead atoms. The molecule has 1 heterocycles. The van der Waals surface area contributed by atoms with E-state index in [1.165, 1.54) is 11.0 Å². The second-order valence-corrected chi connectivity index (χ2v) is 4.04. The number of amides is 2. The van der Waals surface area contributed by atoms with Crippen LogP contribution in [0.1, 0.15) is 26.7 Å². The molecule has 2 amide bonds. The van der Waals surface area contributed by atoms with E-state index in [1.54, 1.807) is 6.92 Å². The van der Waals surface area contributed by atoms with E-state index in [4.69, 9.17) is 4.74 Å². The summed E-state index contributed by atoms with van der Waals surface area (Å²) in [5.74, 6) is -0.308. The molecule has 4 heteroatoms. The zero-order valence-electron chi connectivity index (χ0n) is 9.03. The number of ether oxygens (including phenoxy) is 1. The Labute approximate surface area is 88.9 Å². The van der Waals surface area contributed by atoms with Crippen LogP contribution in [0.25, 0.3) is 0 Å². The number of carbonyl (C=O) groups is 2. The summed E-state index contributed by atoms with van der Waals surface area (Å²) in [4.78, 5) is 24.5. The van der Waals surface area contributed by atoms with Gasteiger partial charge in [-0.25, -0.2) is 0 Å². The predicted molar refractivity (Wildman–Crippen MR) is 54.0 cm³/mol. The first kappa shape index (κ1) is 10.4. The lowest BCUT2D eigenvalue weighted by molar-refractivity contribution is -0.146. The van der Waals surface area contributed by atoms with E-state index < -0.39 is 0 Å². The van der Waals surface area contributed by atoms with Crippen molar-refractivity contribution in [3.05, 3.63) is 11.6 Å². The Morgan fingerprint density at radius 1 is 1.47 bits per heavy atom. The third kappa shape index (κ3) is 1.69. The molecule has 1 saturated carbocycles. The van der Waals surface area contributed by atoms with Crippen molar-refractivity contribution < 1.29 is 14.3 Å². The fraction of sp³-hybridized carbons (Fsp3) is 0.636. The van der Waals surface area contributed by atoms with Crippen molar-refractivity contribution in [1.82, 2.24) is 4.90 Å². The van der Waals surface area contributed by atoms with Gasteiger partial charge < -0.3 is 4.74 Å². The topological polar surface area (TPSA) is 46.6 Å². The molecule has 4 nitrogen and oxygen atoms in total. The van der Waals surface area contributed by atoms with Gasteiger partial charge in [0, 0.05) is 24.3 Å². The van der Waals surface area contributed by atoms with Gasteiger partial charge in [0.2, 0.25) is 0 Å². The molecule has 1 aliphatic heterocycles. The van der Waals surface area contributed by atoms with E-state index in [1.807, 2.05) is 6.92 Å². The van der Waals surface area contributed by atoms with Crippen molar-refractivity contribution in [3.8, 4) is 0 Å². The highest BCUT2D eigenvalue weighted by Crippen LogP contribution is 2.31. The lowest BCUT2D eigenvalue weighted by atomic mass is 9.88.